The topological polar surface area (TPSA) is 99.0 Å². The first-order valence-corrected chi connectivity index (χ1v) is 7.84. The SMILES string of the molecule is COC(=O)c1ccccc1NC(=O)Cn1nnc(-c2cccs2)n1. The summed E-state index contributed by atoms with van der Waals surface area (Å²) in [6.45, 7) is -0.117. The number of carbonyl (C=O) groups is 2. The van der Waals surface area contributed by atoms with Gasteiger partial charge in [0.25, 0.3) is 0 Å². The van der Waals surface area contributed by atoms with E-state index in [2.05, 4.69) is 20.7 Å². The fraction of sp³-hybridized carbons (Fsp3) is 0.133. The number of para-hydroxylation sites is 1. The number of nitrogens with zero attached hydrogens (tertiary/aromatic N) is 4. The van der Waals surface area contributed by atoms with Gasteiger partial charge in [-0.2, -0.15) is 4.80 Å². The van der Waals surface area contributed by atoms with Crippen molar-refractivity contribution in [2.45, 2.75) is 6.54 Å². The summed E-state index contributed by atoms with van der Waals surface area (Å²) in [6, 6.07) is 10.4. The molecule has 0 saturated heterocycles. The van der Waals surface area contributed by atoms with Crippen molar-refractivity contribution < 1.29 is 14.3 Å². The van der Waals surface area contributed by atoms with E-state index in [1.54, 1.807) is 24.3 Å². The van der Waals surface area contributed by atoms with E-state index >= 15 is 0 Å². The summed E-state index contributed by atoms with van der Waals surface area (Å²) in [5.74, 6) is -0.431. The number of rotatable bonds is 5. The van der Waals surface area contributed by atoms with Crippen LogP contribution in [0.3, 0.4) is 0 Å². The molecule has 8 nitrogen and oxygen atoms in total. The normalized spacial score (nSPS) is 10.4. The molecular formula is C15H13N5O3S. The Bertz CT molecular complexity index is 860. The molecule has 1 N–H and O–H groups in total. The number of amides is 1. The first-order valence-electron chi connectivity index (χ1n) is 6.96. The summed E-state index contributed by atoms with van der Waals surface area (Å²) in [4.78, 5) is 25.9. The minimum atomic E-state index is -0.523. The van der Waals surface area contributed by atoms with Crippen LogP contribution in [0, 0.1) is 0 Å². The number of carbonyl (C=O) groups excluding carboxylic acids is 2. The van der Waals surface area contributed by atoms with Gasteiger partial charge in [0.15, 0.2) is 0 Å². The molecule has 0 bridgehead atoms. The predicted octanol–water partition coefficient (Wildman–Crippen LogP) is 1.83. The second kappa shape index (κ2) is 7.01. The molecule has 2 aromatic heterocycles. The van der Waals surface area contributed by atoms with E-state index in [0.717, 1.165) is 4.88 Å². The van der Waals surface area contributed by atoms with Crippen LogP contribution in [0.1, 0.15) is 10.4 Å². The average molecular weight is 343 g/mol. The van der Waals surface area contributed by atoms with Gasteiger partial charge in [-0.1, -0.05) is 18.2 Å². The van der Waals surface area contributed by atoms with Gasteiger partial charge < -0.3 is 10.1 Å². The maximum absolute atomic E-state index is 12.2. The maximum atomic E-state index is 12.2. The number of hydrogen-bond acceptors (Lipinski definition) is 7. The minimum Gasteiger partial charge on any atom is -0.465 e. The summed E-state index contributed by atoms with van der Waals surface area (Å²) in [7, 11) is 1.28. The van der Waals surface area contributed by atoms with Gasteiger partial charge in [-0.05, 0) is 28.8 Å². The lowest BCUT2D eigenvalue weighted by atomic mass is 10.2. The van der Waals surface area contributed by atoms with Crippen LogP contribution in [0.25, 0.3) is 10.7 Å². The highest BCUT2D eigenvalue weighted by Gasteiger charge is 2.15. The molecule has 0 atom stereocenters. The van der Waals surface area contributed by atoms with Gasteiger partial charge >= 0.3 is 5.97 Å². The number of ether oxygens (including phenoxy) is 1. The Balaban J connectivity index is 1.70. The zero-order chi connectivity index (χ0) is 16.9. The molecule has 1 amide bonds. The summed E-state index contributed by atoms with van der Waals surface area (Å²) < 4.78 is 4.69. The zero-order valence-corrected chi connectivity index (χ0v) is 13.5. The first-order chi connectivity index (χ1) is 11.7. The fourth-order valence-corrected chi connectivity index (χ4v) is 2.66. The van der Waals surface area contributed by atoms with E-state index in [1.807, 2.05) is 17.5 Å². The third kappa shape index (κ3) is 3.46. The molecule has 0 saturated carbocycles. The van der Waals surface area contributed by atoms with Crippen molar-refractivity contribution in [1.82, 2.24) is 20.2 Å². The zero-order valence-electron chi connectivity index (χ0n) is 12.7. The Morgan fingerprint density at radius 2 is 2.08 bits per heavy atom. The number of nitrogens with one attached hydrogen (secondary N) is 1. The van der Waals surface area contributed by atoms with Crippen LogP contribution in [0.5, 0.6) is 0 Å². The van der Waals surface area contributed by atoms with Gasteiger partial charge in [-0.15, -0.1) is 21.5 Å². The molecule has 122 valence electrons. The summed E-state index contributed by atoms with van der Waals surface area (Å²) in [5.41, 5.74) is 0.645. The number of methoxy groups -OCH3 is 1. The molecule has 0 spiro atoms. The van der Waals surface area contributed by atoms with E-state index in [9.17, 15) is 9.59 Å². The third-order valence-corrected chi connectivity index (χ3v) is 3.95. The quantitative estimate of drug-likeness (QED) is 0.710. The van der Waals surface area contributed by atoms with Gasteiger partial charge in [-0.3, -0.25) is 4.79 Å². The van der Waals surface area contributed by atoms with E-state index in [4.69, 9.17) is 4.74 Å². The molecule has 2 heterocycles. The lowest BCUT2D eigenvalue weighted by molar-refractivity contribution is -0.117. The van der Waals surface area contributed by atoms with Crippen molar-refractivity contribution in [3.05, 3.63) is 47.3 Å². The van der Waals surface area contributed by atoms with Crippen molar-refractivity contribution >= 4 is 28.9 Å². The van der Waals surface area contributed by atoms with Crippen molar-refractivity contribution in [2.75, 3.05) is 12.4 Å². The van der Waals surface area contributed by atoms with E-state index < -0.39 is 5.97 Å². The highest BCUT2D eigenvalue weighted by Crippen LogP contribution is 2.19. The maximum Gasteiger partial charge on any atom is 0.339 e. The van der Waals surface area contributed by atoms with Gasteiger partial charge in [0, 0.05) is 0 Å². The van der Waals surface area contributed by atoms with Gasteiger partial charge in [-0.25, -0.2) is 4.79 Å². The van der Waals surface area contributed by atoms with Crippen LogP contribution < -0.4 is 5.32 Å². The number of esters is 1. The predicted molar refractivity (Wildman–Crippen MR) is 87.5 cm³/mol. The van der Waals surface area contributed by atoms with E-state index in [-0.39, 0.29) is 18.0 Å². The molecule has 0 aliphatic heterocycles. The van der Waals surface area contributed by atoms with Crippen LogP contribution in [0.2, 0.25) is 0 Å². The number of thiophene rings is 1. The number of tetrazole rings is 1. The molecule has 3 aromatic rings. The van der Waals surface area contributed by atoms with Crippen LogP contribution in [-0.4, -0.2) is 39.2 Å². The number of hydrogen-bond donors (Lipinski definition) is 1. The Morgan fingerprint density at radius 3 is 2.83 bits per heavy atom. The molecule has 9 heteroatoms. The number of aromatic nitrogens is 4. The second-order valence-electron chi connectivity index (χ2n) is 4.71. The highest BCUT2D eigenvalue weighted by molar-refractivity contribution is 7.13. The van der Waals surface area contributed by atoms with Crippen molar-refractivity contribution in [3.63, 3.8) is 0 Å². The standard InChI is InChI=1S/C15H13N5O3S/c1-23-15(22)10-5-2-3-6-11(10)16-13(21)9-20-18-14(17-19-20)12-7-4-8-24-12/h2-8H,9H2,1H3,(H,16,21). The molecule has 0 unspecified atom stereocenters. The van der Waals surface area contributed by atoms with Crippen LogP contribution in [-0.2, 0) is 16.1 Å². The van der Waals surface area contributed by atoms with Crippen molar-refractivity contribution in [1.29, 1.82) is 0 Å². The molecule has 24 heavy (non-hydrogen) atoms. The fourth-order valence-electron chi connectivity index (χ4n) is 2.01. The van der Waals surface area contributed by atoms with Gasteiger partial charge in [0.05, 0.1) is 23.2 Å². The largest absolute Gasteiger partial charge is 0.465 e. The third-order valence-electron chi connectivity index (χ3n) is 3.09. The van der Waals surface area contributed by atoms with Crippen LogP contribution >= 0.6 is 11.3 Å². The Kier molecular flexibility index (Phi) is 4.62. The summed E-state index contributed by atoms with van der Waals surface area (Å²) in [5, 5.41) is 16.5. The van der Waals surface area contributed by atoms with Crippen LogP contribution in [0.4, 0.5) is 5.69 Å². The smallest absolute Gasteiger partial charge is 0.339 e. The monoisotopic (exact) mass is 343 g/mol. The number of anilines is 1. The molecular weight excluding hydrogens is 330 g/mol. The Labute approximate surface area is 141 Å². The second-order valence-corrected chi connectivity index (χ2v) is 5.65. The van der Waals surface area contributed by atoms with Crippen LogP contribution in [0.15, 0.2) is 41.8 Å². The average Bonchev–Trinajstić information content (AvgIpc) is 3.25. The summed E-state index contributed by atoms with van der Waals surface area (Å²) in [6.07, 6.45) is 0. The number of benzene rings is 1. The first kappa shape index (κ1) is 15.8. The molecule has 0 aliphatic carbocycles. The van der Waals surface area contributed by atoms with Crippen molar-refractivity contribution in [2.24, 2.45) is 0 Å². The molecule has 0 aliphatic rings. The van der Waals surface area contributed by atoms with E-state index in [0.29, 0.717) is 11.5 Å². The Hall–Kier alpha value is -3.07. The molecule has 0 radical (unpaired) electrons. The highest BCUT2D eigenvalue weighted by atomic mass is 32.1. The molecule has 1 aromatic carbocycles. The van der Waals surface area contributed by atoms with Crippen molar-refractivity contribution in [3.8, 4) is 10.7 Å². The Morgan fingerprint density at radius 1 is 1.25 bits per heavy atom. The van der Waals surface area contributed by atoms with Gasteiger partial charge in [0.1, 0.15) is 6.54 Å². The minimum absolute atomic E-state index is 0.117. The van der Waals surface area contributed by atoms with E-state index in [1.165, 1.54) is 23.2 Å². The lowest BCUT2D eigenvalue weighted by Crippen LogP contribution is -2.22. The summed E-state index contributed by atoms with van der Waals surface area (Å²) >= 11 is 1.49. The molecule has 0 fully saturated rings. The van der Waals surface area contributed by atoms with Gasteiger partial charge in [0.2, 0.25) is 11.7 Å². The molecule has 3 rings (SSSR count). The lowest BCUT2D eigenvalue weighted by Gasteiger charge is -2.08.